The van der Waals surface area contributed by atoms with Crippen LogP contribution in [0.2, 0.25) is 0 Å². The maximum atomic E-state index is 13.3. The first-order valence-electron chi connectivity index (χ1n) is 8.42. The molecule has 0 spiro atoms. The van der Waals surface area contributed by atoms with Crippen LogP contribution in [0.4, 0.5) is 18.9 Å². The van der Waals surface area contributed by atoms with Crippen LogP contribution in [-0.2, 0) is 16.5 Å². The molecule has 0 radical (unpaired) electrons. The van der Waals surface area contributed by atoms with Gasteiger partial charge in [0, 0.05) is 24.2 Å². The highest BCUT2D eigenvalue weighted by atomic mass is 35.5. The highest BCUT2D eigenvalue weighted by molar-refractivity contribution is 5.96. The molecular weight excluding hydrogens is 385 g/mol. The molecule has 2 heterocycles. The number of hydrogen-bond donors (Lipinski definition) is 1. The van der Waals surface area contributed by atoms with E-state index in [-0.39, 0.29) is 35.5 Å². The molecular formula is C17H18ClF3N4O2. The van der Waals surface area contributed by atoms with Gasteiger partial charge in [-0.2, -0.15) is 18.2 Å². The quantitative estimate of drug-likeness (QED) is 0.847. The Bertz CT molecular complexity index is 864. The molecule has 1 aromatic carbocycles. The third-order valence-electron chi connectivity index (χ3n) is 4.99. The number of rotatable bonds is 3. The van der Waals surface area contributed by atoms with Crippen LogP contribution in [0.25, 0.3) is 11.5 Å². The average molecular weight is 403 g/mol. The second-order valence-corrected chi connectivity index (χ2v) is 6.85. The lowest BCUT2D eigenvalue weighted by atomic mass is 9.77. The number of hydrogen-bond acceptors (Lipinski definition) is 5. The molecule has 0 bridgehead atoms. The zero-order valence-corrected chi connectivity index (χ0v) is 15.1. The highest BCUT2D eigenvalue weighted by Gasteiger charge is 2.39. The van der Waals surface area contributed by atoms with E-state index in [4.69, 9.17) is 10.3 Å². The third kappa shape index (κ3) is 3.53. The van der Waals surface area contributed by atoms with Crippen LogP contribution in [0.15, 0.2) is 22.7 Å². The molecule has 1 aliphatic heterocycles. The van der Waals surface area contributed by atoms with E-state index < -0.39 is 17.3 Å². The van der Waals surface area contributed by atoms with Crippen molar-refractivity contribution in [1.82, 2.24) is 10.1 Å². The zero-order valence-electron chi connectivity index (χ0n) is 14.3. The highest BCUT2D eigenvalue weighted by Crippen LogP contribution is 2.39. The summed E-state index contributed by atoms with van der Waals surface area (Å²) in [4.78, 5) is 17.5. The Balaban J connectivity index is 0.00000210. The number of alkyl halides is 3. The molecule has 1 amide bonds. The van der Waals surface area contributed by atoms with Crippen LogP contribution < -0.4 is 10.6 Å². The Morgan fingerprint density at radius 3 is 2.48 bits per heavy atom. The summed E-state index contributed by atoms with van der Waals surface area (Å²) < 4.78 is 45.1. The maximum absolute atomic E-state index is 13.3. The molecule has 2 aliphatic rings. The molecule has 6 nitrogen and oxygen atoms in total. The average Bonchev–Trinajstić information content (AvgIpc) is 3.20. The normalized spacial score (nSPS) is 19.0. The smallest absolute Gasteiger partial charge is 0.334 e. The van der Waals surface area contributed by atoms with Crippen molar-refractivity contribution in [1.29, 1.82) is 0 Å². The number of amides is 1. The van der Waals surface area contributed by atoms with E-state index >= 15 is 0 Å². The molecule has 2 fully saturated rings. The van der Waals surface area contributed by atoms with Gasteiger partial charge in [-0.3, -0.25) is 4.79 Å². The van der Waals surface area contributed by atoms with E-state index in [9.17, 15) is 18.0 Å². The molecule has 1 aliphatic carbocycles. The molecule has 1 aromatic heterocycles. The first kappa shape index (κ1) is 19.6. The minimum absolute atomic E-state index is 0. The summed E-state index contributed by atoms with van der Waals surface area (Å²) in [5.41, 5.74) is 4.91. The second-order valence-electron chi connectivity index (χ2n) is 6.85. The summed E-state index contributed by atoms with van der Waals surface area (Å²) in [5.74, 6) is 0.0718. The van der Waals surface area contributed by atoms with E-state index in [1.807, 2.05) is 0 Å². The summed E-state index contributed by atoms with van der Waals surface area (Å²) >= 11 is 0. The van der Waals surface area contributed by atoms with Gasteiger partial charge in [-0.05, 0) is 43.9 Å². The van der Waals surface area contributed by atoms with Crippen molar-refractivity contribution in [2.45, 2.75) is 43.8 Å². The van der Waals surface area contributed by atoms with Crippen LogP contribution in [0.3, 0.4) is 0 Å². The Labute approximate surface area is 159 Å². The minimum Gasteiger partial charge on any atom is -0.334 e. The molecule has 27 heavy (non-hydrogen) atoms. The Kier molecular flexibility index (Phi) is 4.94. The van der Waals surface area contributed by atoms with E-state index in [0.717, 1.165) is 18.6 Å². The van der Waals surface area contributed by atoms with Gasteiger partial charge >= 0.3 is 6.18 Å². The van der Waals surface area contributed by atoms with Crippen LogP contribution in [0.5, 0.6) is 0 Å². The predicted molar refractivity (Wildman–Crippen MR) is 93.3 cm³/mol. The molecule has 4 rings (SSSR count). The lowest BCUT2D eigenvalue weighted by Crippen LogP contribution is -2.44. The fourth-order valence-electron chi connectivity index (χ4n) is 3.30. The van der Waals surface area contributed by atoms with Crippen LogP contribution in [0.1, 0.15) is 43.5 Å². The zero-order chi connectivity index (χ0) is 18.5. The fourth-order valence-corrected chi connectivity index (χ4v) is 3.30. The number of anilines is 1. The number of nitrogens with zero attached hydrogens (tertiary/aromatic N) is 3. The van der Waals surface area contributed by atoms with Crippen molar-refractivity contribution in [3.8, 4) is 11.5 Å². The van der Waals surface area contributed by atoms with E-state index in [0.29, 0.717) is 38.1 Å². The molecule has 0 unspecified atom stereocenters. The number of aromatic nitrogens is 2. The van der Waals surface area contributed by atoms with Gasteiger partial charge in [0.2, 0.25) is 5.91 Å². The first-order chi connectivity index (χ1) is 12.3. The molecule has 2 N–H and O–H groups in total. The summed E-state index contributed by atoms with van der Waals surface area (Å²) in [6.07, 6.45) is -1.24. The van der Waals surface area contributed by atoms with Gasteiger partial charge in [-0.15, -0.1) is 12.4 Å². The van der Waals surface area contributed by atoms with Crippen molar-refractivity contribution in [3.05, 3.63) is 29.6 Å². The monoisotopic (exact) mass is 402 g/mol. The van der Waals surface area contributed by atoms with E-state index in [1.54, 1.807) is 0 Å². The molecule has 1 saturated carbocycles. The van der Waals surface area contributed by atoms with Gasteiger partial charge < -0.3 is 15.2 Å². The van der Waals surface area contributed by atoms with Gasteiger partial charge in [0.25, 0.3) is 5.89 Å². The maximum Gasteiger partial charge on any atom is 0.416 e. The lowest BCUT2D eigenvalue weighted by molar-refractivity contribution is -0.137. The van der Waals surface area contributed by atoms with Crippen molar-refractivity contribution in [2.75, 3.05) is 11.4 Å². The van der Waals surface area contributed by atoms with Crippen LogP contribution >= 0.6 is 12.4 Å². The van der Waals surface area contributed by atoms with E-state index in [2.05, 4.69) is 10.1 Å². The van der Waals surface area contributed by atoms with Crippen LogP contribution in [0, 0.1) is 0 Å². The van der Waals surface area contributed by atoms with Crippen molar-refractivity contribution in [3.63, 3.8) is 0 Å². The molecule has 146 valence electrons. The minimum atomic E-state index is -4.56. The standard InChI is InChI=1S/C17H17F3N4O2.ClH/c18-17(19,20)11-7-10(8-12(9-11)24-6-1-3-13(24)25)14-22-15(23-26-14)16(21)4-2-5-16;/h7-9H,1-6,21H2;1H. The Morgan fingerprint density at radius 1 is 1.19 bits per heavy atom. The Hall–Kier alpha value is -2.13. The molecule has 1 saturated heterocycles. The third-order valence-corrected chi connectivity index (χ3v) is 4.99. The van der Waals surface area contributed by atoms with Gasteiger partial charge in [0.1, 0.15) is 0 Å². The second kappa shape index (κ2) is 6.79. The summed E-state index contributed by atoms with van der Waals surface area (Å²) in [6.45, 7) is 0.389. The van der Waals surface area contributed by atoms with Gasteiger partial charge in [-0.25, -0.2) is 0 Å². The van der Waals surface area contributed by atoms with Crippen molar-refractivity contribution >= 4 is 24.0 Å². The van der Waals surface area contributed by atoms with Gasteiger partial charge in [-0.1, -0.05) is 5.16 Å². The SMILES string of the molecule is Cl.NC1(c2noc(-c3cc(N4CCCC4=O)cc(C(F)(F)F)c3)n2)CCC1. The Morgan fingerprint density at radius 2 is 1.93 bits per heavy atom. The largest absolute Gasteiger partial charge is 0.416 e. The number of nitrogens with two attached hydrogens (primary N) is 1. The van der Waals surface area contributed by atoms with Crippen molar-refractivity contribution < 1.29 is 22.5 Å². The molecule has 10 heteroatoms. The fraction of sp³-hybridized carbons (Fsp3) is 0.471. The number of carbonyl (C=O) groups excluding carboxylic acids is 1. The molecule has 0 atom stereocenters. The predicted octanol–water partition coefficient (Wildman–Crippen LogP) is 3.64. The number of benzene rings is 1. The van der Waals surface area contributed by atoms with E-state index in [1.165, 1.54) is 11.0 Å². The number of halogens is 4. The summed E-state index contributed by atoms with van der Waals surface area (Å²) in [7, 11) is 0. The summed E-state index contributed by atoms with van der Waals surface area (Å²) in [5, 5.41) is 3.85. The van der Waals surface area contributed by atoms with Crippen molar-refractivity contribution in [2.24, 2.45) is 5.73 Å². The topological polar surface area (TPSA) is 85.2 Å². The van der Waals surface area contributed by atoms with Crippen LogP contribution in [-0.4, -0.2) is 22.6 Å². The number of carbonyl (C=O) groups is 1. The van der Waals surface area contributed by atoms with Gasteiger partial charge in [0.05, 0.1) is 11.1 Å². The summed E-state index contributed by atoms with van der Waals surface area (Å²) in [6, 6.07) is 3.39. The lowest BCUT2D eigenvalue weighted by Gasteiger charge is -2.34. The molecule has 2 aromatic rings. The first-order valence-corrected chi connectivity index (χ1v) is 8.42. The van der Waals surface area contributed by atoms with Gasteiger partial charge in [0.15, 0.2) is 5.82 Å².